The molecule has 0 nitrogen and oxygen atoms in total. The molecule has 8 atom stereocenters. The highest BCUT2D eigenvalue weighted by Gasteiger charge is 1.66. The molecule has 0 aliphatic rings. The molecule has 0 bridgehead atoms. The normalized spacial score (nSPS) is 4.00. The second kappa shape index (κ2) is 504. The van der Waals surface area contributed by atoms with Crippen LogP contribution in [0.3, 0.4) is 0 Å². The zero-order chi connectivity index (χ0) is 28.3. The Labute approximate surface area is 229 Å². The van der Waals surface area contributed by atoms with E-state index in [9.17, 15) is 0 Å². The van der Waals surface area contributed by atoms with Gasteiger partial charge in [0.05, 0.1) is 0 Å². The zero-order valence-corrected chi connectivity index (χ0v) is 37.1. The number of hydrogen-bond acceptors (Lipinski definition) is 0. The predicted octanol–water partition coefficient (Wildman–Crippen LogP) is 14.8. The van der Waals surface area contributed by atoms with E-state index >= 15 is 0 Å². The van der Waals surface area contributed by atoms with Gasteiger partial charge in [0.25, 0.3) is 0 Å². The molecule has 0 aromatic heterocycles. The van der Waals surface area contributed by atoms with E-state index in [4.69, 9.17) is 0 Å². The van der Waals surface area contributed by atoms with Crippen molar-refractivity contribution in [3.63, 3.8) is 0 Å². The predicted molar refractivity (Wildman–Crippen MR) is 214 cm³/mol. The molecular weight excluding hydrogens is 550 g/mol. The molecule has 10 heteroatoms. The van der Waals surface area contributed by atoms with E-state index in [0.717, 1.165) is 7.96 Å². The van der Waals surface area contributed by atoms with E-state index in [2.05, 4.69) is 62.5 Å². The average molecular weight is 635 g/mol. The van der Waals surface area contributed by atoms with Gasteiger partial charge < -0.3 is 0 Å². The van der Waals surface area contributed by atoms with Gasteiger partial charge in [-0.05, 0) is 6.99 Å². The number of hydrogen-bond donors (Lipinski definition) is 0. The molecule has 8 unspecified atom stereocenters. The second-order valence-electron chi connectivity index (χ2n) is 0.614. The molecule has 0 rings (SSSR count). The van der Waals surface area contributed by atoms with Crippen molar-refractivity contribution in [3.8, 4) is 0 Å². The third kappa shape index (κ3) is 1710. The Bertz CT molecular complexity index is 53.3. The van der Waals surface area contributed by atoms with Crippen LogP contribution in [0.4, 0.5) is 0 Å². The fraction of sp³-hybridized carbons (Fsp3) is 1.00. The Kier molecular flexibility index (Phi) is 1550. The van der Waals surface area contributed by atoms with Crippen molar-refractivity contribution in [2.75, 3.05) is 0 Å². The summed E-state index contributed by atoms with van der Waals surface area (Å²) in [5, 5.41) is 0. The van der Waals surface area contributed by atoms with Gasteiger partial charge in [0.1, 0.15) is 0 Å². The maximum atomic E-state index is 2.65. The van der Waals surface area contributed by atoms with Crippen LogP contribution in [-0.4, -0.2) is 0 Å². The smallest absolute Gasteiger partial charge is 0 e. The van der Waals surface area contributed by atoms with Crippen molar-refractivity contribution in [3.05, 3.63) is 0 Å². The van der Waals surface area contributed by atoms with Crippen molar-refractivity contribution >= 4 is 87.3 Å². The van der Waals surface area contributed by atoms with E-state index in [1.807, 2.05) is 138 Å². The van der Waals surface area contributed by atoms with Crippen molar-refractivity contribution in [1.29, 1.82) is 0 Å². The first-order valence-electron chi connectivity index (χ1n) is 11.7. The quantitative estimate of drug-likeness (QED) is 0.233. The summed E-state index contributed by atoms with van der Waals surface area (Å²) in [4.78, 5) is 0. The molecule has 30 heavy (non-hydrogen) atoms. The third-order valence-corrected chi connectivity index (χ3v) is 0. The molecule has 0 saturated carbocycles. The van der Waals surface area contributed by atoms with Crippen molar-refractivity contribution < 1.29 is 4.28 Å². The summed E-state index contributed by atoms with van der Waals surface area (Å²) in [5.41, 5.74) is 0. The van der Waals surface area contributed by atoms with Crippen LogP contribution in [0.5, 0.6) is 0 Å². The van der Waals surface area contributed by atoms with Crippen LogP contribution in [0.2, 0.25) is 0 Å². The SMILES string of the molecule is CC.CC.CC.CC.CC.CC.CC.CC.CC.CC.P.PP.PP(P)P.PPP.[HH].[HH].[HH]. The lowest BCUT2D eigenvalue weighted by molar-refractivity contribution is 1.50. The van der Waals surface area contributed by atoms with Crippen molar-refractivity contribution in [1.82, 2.24) is 0 Å². The summed E-state index contributed by atoms with van der Waals surface area (Å²) < 4.78 is 0. The van der Waals surface area contributed by atoms with E-state index in [1.54, 1.807) is 0 Å². The second-order valence-corrected chi connectivity index (χ2v) is 16.6. The molecule has 0 fully saturated rings. The minimum Gasteiger partial charge on any atom is -0.153 e. The van der Waals surface area contributed by atoms with Crippen LogP contribution in [-0.2, 0) is 0 Å². The Hall–Kier alpha value is 4.30. The molecule has 0 heterocycles. The molecule has 0 aromatic carbocycles. The highest BCUT2D eigenvalue weighted by Crippen LogP contribution is 2.59. The molecule has 0 aliphatic heterocycles. The molecule has 0 aliphatic carbocycles. The Morgan fingerprint density at radius 2 is 0.400 bits per heavy atom. The lowest BCUT2D eigenvalue weighted by atomic mass is 11.0. The topological polar surface area (TPSA) is 0 Å². The Morgan fingerprint density at radius 3 is 0.400 bits per heavy atom. The van der Waals surface area contributed by atoms with Crippen molar-refractivity contribution in [2.45, 2.75) is 138 Å². The maximum absolute atomic E-state index is 2.65. The molecule has 0 aromatic rings. The van der Waals surface area contributed by atoms with E-state index < -0.39 is 0 Å². The first-order valence-corrected chi connectivity index (χ1v) is 25.2. The minimum atomic E-state index is 0. The largest absolute Gasteiger partial charge is 0.153 e. The van der Waals surface area contributed by atoms with Crippen LogP contribution in [0, 0.1) is 0 Å². The highest BCUT2D eigenvalue weighted by atomic mass is 32.7. The minimum absolute atomic E-state index is 0. The fourth-order valence-electron chi connectivity index (χ4n) is 0. The van der Waals surface area contributed by atoms with Gasteiger partial charge in [-0.1, -0.05) is 146 Å². The summed E-state index contributed by atoms with van der Waals surface area (Å²) in [7, 11) is 18.7. The zero-order valence-electron chi connectivity index (χ0n) is 25.7. The Morgan fingerprint density at radius 1 is 0.400 bits per heavy atom. The first kappa shape index (κ1) is 92.3. The summed E-state index contributed by atoms with van der Waals surface area (Å²) in [6, 6.07) is 0. The third-order valence-electron chi connectivity index (χ3n) is 0. The summed E-state index contributed by atoms with van der Waals surface area (Å²) in [5.74, 6) is 0. The molecule has 0 amide bonds. The highest BCUT2D eigenvalue weighted by molar-refractivity contribution is 8.65. The maximum Gasteiger partial charge on any atom is 0 e. The van der Waals surface area contributed by atoms with Gasteiger partial charge in [-0.25, -0.2) is 0 Å². The lowest BCUT2D eigenvalue weighted by Crippen LogP contribution is -0.870. The lowest BCUT2D eigenvalue weighted by Gasteiger charge is -1.81. The van der Waals surface area contributed by atoms with E-state index in [1.165, 1.54) is 0 Å². The standard InChI is InChI=1S/10C2H6.H6P4.H5P3.H4P2.H3P.3H2/c10*1-2;1-4(2)3;1-3-2;1-2;;;;/h10*1-2H3;1-3H2;3H,1-2H2;1-2H2;1H3;3*1H. The summed E-state index contributed by atoms with van der Waals surface area (Å²) in [6.45, 7) is 40.1. The van der Waals surface area contributed by atoms with Crippen LogP contribution in [0.15, 0.2) is 0 Å². The van der Waals surface area contributed by atoms with Gasteiger partial charge >= 0.3 is 0 Å². The molecule has 0 N–H and O–H groups in total. The number of rotatable bonds is 0. The van der Waals surface area contributed by atoms with Gasteiger partial charge in [0.2, 0.25) is 0 Å². The van der Waals surface area contributed by atoms with Crippen LogP contribution in [0.1, 0.15) is 143 Å². The molecule has 0 saturated heterocycles. The van der Waals surface area contributed by atoms with Crippen LogP contribution < -0.4 is 0 Å². The monoisotopic (exact) mass is 634 g/mol. The van der Waals surface area contributed by atoms with Crippen LogP contribution in [0.25, 0.3) is 0 Å². The average Bonchev–Trinajstić information content (AvgIpc) is 2.88. The molecule has 0 spiro atoms. The molecule has 0 radical (unpaired) electrons. The molecule has 214 valence electrons. The van der Waals surface area contributed by atoms with Gasteiger partial charge in [-0.2, -0.15) is 9.90 Å². The van der Waals surface area contributed by atoms with Gasteiger partial charge in [0.15, 0.2) is 0 Å². The van der Waals surface area contributed by atoms with Crippen LogP contribution >= 0.6 is 87.3 Å². The Balaban J connectivity index is -0.00000000560. The fourth-order valence-corrected chi connectivity index (χ4v) is 0. The first-order chi connectivity index (χ1) is 14.1. The van der Waals surface area contributed by atoms with Crippen molar-refractivity contribution in [2.24, 2.45) is 0 Å². The summed E-state index contributed by atoms with van der Waals surface area (Å²) in [6.07, 6.45) is 0. The summed E-state index contributed by atoms with van der Waals surface area (Å²) >= 11 is 0. The molecular formula is C20H84P10. The van der Waals surface area contributed by atoms with E-state index in [-0.39, 0.29) is 21.2 Å². The van der Waals surface area contributed by atoms with Gasteiger partial charge in [0, 0.05) is 4.28 Å². The van der Waals surface area contributed by atoms with Gasteiger partial charge in [-0.15, -0.1) is 62.5 Å². The van der Waals surface area contributed by atoms with Gasteiger partial charge in [-0.3, -0.25) is 0 Å². The van der Waals surface area contributed by atoms with E-state index in [0.29, 0.717) is 0 Å².